The lowest BCUT2D eigenvalue weighted by atomic mass is 10.2. The summed E-state index contributed by atoms with van der Waals surface area (Å²) < 4.78 is 15.8. The third kappa shape index (κ3) is 5.52. The number of aryl methyl sites for hydroxylation is 2. The predicted octanol–water partition coefficient (Wildman–Crippen LogP) is 4.97. The topological polar surface area (TPSA) is 90.7 Å². The fourth-order valence-corrected chi connectivity index (χ4v) is 2.83. The molecule has 30 heavy (non-hydrogen) atoms. The number of amides is 1. The third-order valence-electron chi connectivity index (χ3n) is 4.19. The second-order valence-corrected chi connectivity index (χ2v) is 7.18. The van der Waals surface area contributed by atoms with Crippen LogP contribution < -0.4 is 10.1 Å². The van der Waals surface area contributed by atoms with Crippen LogP contribution in [0.4, 0.5) is 5.69 Å². The van der Waals surface area contributed by atoms with Gasteiger partial charge >= 0.3 is 5.97 Å². The molecule has 0 bridgehead atoms. The van der Waals surface area contributed by atoms with Gasteiger partial charge in [-0.1, -0.05) is 28.4 Å². The zero-order chi connectivity index (χ0) is 21.7. The van der Waals surface area contributed by atoms with Gasteiger partial charge in [0.05, 0.1) is 26.9 Å². The molecular formula is C21H18Cl2N2O5. The summed E-state index contributed by atoms with van der Waals surface area (Å²) in [6, 6.07) is 11.1. The van der Waals surface area contributed by atoms with E-state index in [0.717, 1.165) is 11.3 Å². The molecule has 0 spiro atoms. The standard InChI is InChI=1S/C21H18Cl2N2O5/c1-12-17(13(2)30-25-12)10-28-16-6-3-14(4-7-16)21(27)29-11-20(26)24-15-5-8-18(22)19(23)9-15/h3-9H,10-11H2,1-2H3,(H,24,26). The number of hydrogen-bond donors (Lipinski definition) is 1. The number of rotatable bonds is 7. The summed E-state index contributed by atoms with van der Waals surface area (Å²) >= 11 is 11.7. The molecule has 3 rings (SSSR count). The van der Waals surface area contributed by atoms with Gasteiger partial charge in [0.1, 0.15) is 18.1 Å². The molecule has 1 heterocycles. The number of nitrogens with one attached hydrogen (secondary N) is 1. The van der Waals surface area contributed by atoms with Crippen LogP contribution in [0.3, 0.4) is 0 Å². The van der Waals surface area contributed by atoms with Gasteiger partial charge in [0.2, 0.25) is 0 Å². The quantitative estimate of drug-likeness (QED) is 0.512. The Morgan fingerprint density at radius 3 is 2.43 bits per heavy atom. The van der Waals surface area contributed by atoms with Crippen molar-refractivity contribution in [2.24, 2.45) is 0 Å². The number of carbonyl (C=O) groups is 2. The minimum Gasteiger partial charge on any atom is -0.489 e. The van der Waals surface area contributed by atoms with E-state index in [1.165, 1.54) is 6.07 Å². The molecule has 0 radical (unpaired) electrons. The zero-order valence-electron chi connectivity index (χ0n) is 16.2. The minimum atomic E-state index is -0.628. The average molecular weight is 449 g/mol. The Hall–Kier alpha value is -3.03. The van der Waals surface area contributed by atoms with Crippen LogP contribution in [0, 0.1) is 13.8 Å². The molecule has 3 aromatic rings. The number of esters is 1. The molecule has 9 heteroatoms. The monoisotopic (exact) mass is 448 g/mol. The number of nitrogens with zero attached hydrogens (tertiary/aromatic N) is 1. The van der Waals surface area contributed by atoms with Crippen molar-refractivity contribution in [3.8, 4) is 5.75 Å². The molecule has 7 nitrogen and oxygen atoms in total. The highest BCUT2D eigenvalue weighted by molar-refractivity contribution is 6.42. The van der Waals surface area contributed by atoms with E-state index in [1.54, 1.807) is 36.4 Å². The van der Waals surface area contributed by atoms with Crippen LogP contribution in [-0.2, 0) is 16.1 Å². The summed E-state index contributed by atoms with van der Waals surface area (Å²) in [4.78, 5) is 24.1. The first-order valence-electron chi connectivity index (χ1n) is 8.90. The molecule has 0 unspecified atom stereocenters. The van der Waals surface area contributed by atoms with E-state index in [4.69, 9.17) is 37.2 Å². The molecule has 0 aliphatic rings. The van der Waals surface area contributed by atoms with Gasteiger partial charge in [0, 0.05) is 5.69 Å². The van der Waals surface area contributed by atoms with Crippen LogP contribution in [0.2, 0.25) is 10.0 Å². The maximum atomic E-state index is 12.1. The van der Waals surface area contributed by atoms with Crippen LogP contribution in [-0.4, -0.2) is 23.6 Å². The molecule has 0 aliphatic carbocycles. The summed E-state index contributed by atoms with van der Waals surface area (Å²) in [6.45, 7) is 3.52. The first-order chi connectivity index (χ1) is 14.3. The Balaban J connectivity index is 1.49. The summed E-state index contributed by atoms with van der Waals surface area (Å²) in [5.74, 6) is 0.147. The zero-order valence-corrected chi connectivity index (χ0v) is 17.7. The van der Waals surface area contributed by atoms with Crippen molar-refractivity contribution in [1.82, 2.24) is 5.16 Å². The highest BCUT2D eigenvalue weighted by atomic mass is 35.5. The van der Waals surface area contributed by atoms with Crippen molar-refractivity contribution in [3.05, 3.63) is 75.1 Å². The van der Waals surface area contributed by atoms with Gasteiger partial charge in [0.25, 0.3) is 5.91 Å². The van der Waals surface area contributed by atoms with Gasteiger partial charge in [-0.25, -0.2) is 4.79 Å². The van der Waals surface area contributed by atoms with Gasteiger partial charge in [-0.2, -0.15) is 0 Å². The number of aromatic nitrogens is 1. The summed E-state index contributed by atoms with van der Waals surface area (Å²) in [5, 5.41) is 7.13. The molecule has 0 saturated carbocycles. The van der Waals surface area contributed by atoms with Gasteiger partial charge in [-0.05, 0) is 56.3 Å². The van der Waals surface area contributed by atoms with Crippen molar-refractivity contribution in [3.63, 3.8) is 0 Å². The molecule has 0 saturated heterocycles. The Bertz CT molecular complexity index is 1040. The van der Waals surface area contributed by atoms with Crippen LogP contribution >= 0.6 is 23.2 Å². The first-order valence-corrected chi connectivity index (χ1v) is 9.65. The lowest BCUT2D eigenvalue weighted by Crippen LogP contribution is -2.20. The van der Waals surface area contributed by atoms with Gasteiger partial charge in [-0.15, -0.1) is 0 Å². The summed E-state index contributed by atoms with van der Waals surface area (Å²) in [7, 11) is 0. The van der Waals surface area contributed by atoms with E-state index in [1.807, 2.05) is 13.8 Å². The van der Waals surface area contributed by atoms with E-state index in [9.17, 15) is 9.59 Å². The number of ether oxygens (including phenoxy) is 2. The highest BCUT2D eigenvalue weighted by Crippen LogP contribution is 2.25. The predicted molar refractivity (Wildman–Crippen MR) is 112 cm³/mol. The fourth-order valence-electron chi connectivity index (χ4n) is 2.54. The van der Waals surface area contributed by atoms with Gasteiger partial charge < -0.3 is 19.3 Å². The van der Waals surface area contributed by atoms with Crippen molar-refractivity contribution in [1.29, 1.82) is 0 Å². The number of carbonyl (C=O) groups excluding carboxylic acids is 2. The van der Waals surface area contributed by atoms with Crippen molar-refractivity contribution in [2.75, 3.05) is 11.9 Å². The SMILES string of the molecule is Cc1noc(C)c1COc1ccc(C(=O)OCC(=O)Nc2ccc(Cl)c(Cl)c2)cc1. The number of halogens is 2. The molecule has 0 atom stereocenters. The maximum absolute atomic E-state index is 12.1. The van der Waals surface area contributed by atoms with E-state index in [0.29, 0.717) is 39.4 Å². The second kappa shape index (κ2) is 9.65. The van der Waals surface area contributed by atoms with Gasteiger partial charge in [-0.3, -0.25) is 4.79 Å². The Kier molecular flexibility index (Phi) is 6.97. The minimum absolute atomic E-state index is 0.294. The van der Waals surface area contributed by atoms with E-state index in [-0.39, 0.29) is 0 Å². The molecule has 1 aromatic heterocycles. The van der Waals surface area contributed by atoms with E-state index >= 15 is 0 Å². The fraction of sp³-hybridized carbons (Fsp3) is 0.190. The average Bonchev–Trinajstić information content (AvgIpc) is 3.05. The third-order valence-corrected chi connectivity index (χ3v) is 4.93. The number of benzene rings is 2. The van der Waals surface area contributed by atoms with Crippen LogP contribution in [0.25, 0.3) is 0 Å². The van der Waals surface area contributed by atoms with Crippen molar-refractivity contribution in [2.45, 2.75) is 20.5 Å². The molecule has 1 amide bonds. The maximum Gasteiger partial charge on any atom is 0.338 e. The molecule has 156 valence electrons. The molecule has 0 aliphatic heterocycles. The molecule has 2 aromatic carbocycles. The summed E-state index contributed by atoms with van der Waals surface area (Å²) in [6.07, 6.45) is 0. The van der Waals surface area contributed by atoms with Crippen LogP contribution in [0.5, 0.6) is 5.75 Å². The first kappa shape index (κ1) is 21.7. The largest absolute Gasteiger partial charge is 0.489 e. The molecule has 0 fully saturated rings. The highest BCUT2D eigenvalue weighted by Gasteiger charge is 2.12. The van der Waals surface area contributed by atoms with Crippen LogP contribution in [0.15, 0.2) is 47.0 Å². The van der Waals surface area contributed by atoms with Gasteiger partial charge in [0.15, 0.2) is 6.61 Å². The Labute approximate surface area is 182 Å². The molecule has 1 N–H and O–H groups in total. The molecular weight excluding hydrogens is 431 g/mol. The smallest absolute Gasteiger partial charge is 0.338 e. The van der Waals surface area contributed by atoms with E-state index in [2.05, 4.69) is 10.5 Å². The lowest BCUT2D eigenvalue weighted by molar-refractivity contribution is -0.119. The Morgan fingerprint density at radius 1 is 1.07 bits per heavy atom. The normalized spacial score (nSPS) is 10.5. The van der Waals surface area contributed by atoms with Crippen molar-refractivity contribution >= 4 is 40.8 Å². The number of anilines is 1. The lowest BCUT2D eigenvalue weighted by Gasteiger charge is -2.09. The number of hydrogen-bond acceptors (Lipinski definition) is 6. The van der Waals surface area contributed by atoms with Crippen LogP contribution in [0.1, 0.15) is 27.4 Å². The Morgan fingerprint density at radius 2 is 1.80 bits per heavy atom. The summed E-state index contributed by atoms with van der Waals surface area (Å²) in [5.41, 5.74) is 2.39. The second-order valence-electron chi connectivity index (χ2n) is 6.37. The van der Waals surface area contributed by atoms with E-state index < -0.39 is 18.5 Å². The van der Waals surface area contributed by atoms with Crippen molar-refractivity contribution < 1.29 is 23.6 Å².